The molecule has 0 unspecified atom stereocenters. The number of para-hydroxylation sites is 1. The third kappa shape index (κ3) is 5.10. The molecular weight excluding hydrogens is 492 g/mol. The van der Waals surface area contributed by atoms with Crippen molar-refractivity contribution in [2.75, 3.05) is 0 Å². The first kappa shape index (κ1) is 23.9. The number of hydrogen-bond acceptors (Lipinski definition) is 6. The van der Waals surface area contributed by atoms with Crippen LogP contribution in [-0.2, 0) is 6.61 Å². The molecule has 0 saturated heterocycles. The van der Waals surface area contributed by atoms with Crippen molar-refractivity contribution < 1.29 is 9.66 Å². The highest BCUT2D eigenvalue weighted by Crippen LogP contribution is 2.34. The molecule has 37 heavy (non-hydrogen) atoms. The van der Waals surface area contributed by atoms with Gasteiger partial charge in [-0.1, -0.05) is 84.4 Å². The van der Waals surface area contributed by atoms with Crippen LogP contribution in [-0.4, -0.2) is 20.8 Å². The van der Waals surface area contributed by atoms with Gasteiger partial charge in [-0.15, -0.1) is 0 Å². The maximum atomic E-state index is 13.4. The monoisotopic (exact) mass is 510 g/mol. The normalized spacial score (nSPS) is 11.2. The van der Waals surface area contributed by atoms with Gasteiger partial charge >= 0.3 is 5.69 Å². The van der Waals surface area contributed by atoms with Crippen LogP contribution >= 0.6 is 11.6 Å². The lowest BCUT2D eigenvalue weighted by atomic mass is 10.1. The number of nitro groups is 1. The molecule has 5 aromatic rings. The predicted molar refractivity (Wildman–Crippen MR) is 143 cm³/mol. The highest BCUT2D eigenvalue weighted by atomic mass is 35.5. The van der Waals surface area contributed by atoms with Gasteiger partial charge in [0.2, 0.25) is 5.75 Å². The minimum absolute atomic E-state index is 0.00920. The standard InChI is InChI=1S/C28H19ClN4O4/c29-22-15-21(26(25(16-22)33(35)36)37-18-19-9-3-1-4-10-19)17-30-32-27(20-11-5-2-6-12-20)31-24-14-8-7-13-23(24)28(32)34/h1-17H,18H2. The number of rotatable bonds is 7. The molecule has 0 N–H and O–H groups in total. The van der Waals surface area contributed by atoms with Crippen molar-refractivity contribution in [2.45, 2.75) is 6.61 Å². The Kier molecular flexibility index (Phi) is 6.74. The molecule has 1 aromatic heterocycles. The summed E-state index contributed by atoms with van der Waals surface area (Å²) in [5.41, 5.74) is 1.59. The van der Waals surface area contributed by atoms with Crippen molar-refractivity contribution in [2.24, 2.45) is 5.10 Å². The third-order valence-corrected chi connectivity index (χ3v) is 5.80. The summed E-state index contributed by atoms with van der Waals surface area (Å²) in [6, 6.07) is 28.1. The van der Waals surface area contributed by atoms with Gasteiger partial charge in [-0.25, -0.2) is 4.98 Å². The van der Waals surface area contributed by atoms with Crippen molar-refractivity contribution >= 4 is 34.4 Å². The van der Waals surface area contributed by atoms with Gasteiger partial charge in [0, 0.05) is 22.2 Å². The first-order chi connectivity index (χ1) is 18.0. The van der Waals surface area contributed by atoms with E-state index >= 15 is 0 Å². The molecule has 5 rings (SSSR count). The lowest BCUT2D eigenvalue weighted by molar-refractivity contribution is -0.385. The Morgan fingerprint density at radius 2 is 1.65 bits per heavy atom. The highest BCUT2D eigenvalue weighted by molar-refractivity contribution is 6.31. The van der Waals surface area contributed by atoms with E-state index in [9.17, 15) is 14.9 Å². The number of nitro benzene ring substituents is 1. The number of nitrogens with zero attached hydrogens (tertiary/aromatic N) is 4. The minimum Gasteiger partial charge on any atom is -0.481 e. The Morgan fingerprint density at radius 3 is 2.38 bits per heavy atom. The van der Waals surface area contributed by atoms with Gasteiger partial charge in [0.25, 0.3) is 5.56 Å². The molecule has 0 aliphatic carbocycles. The van der Waals surface area contributed by atoms with Crippen LogP contribution in [0.2, 0.25) is 5.02 Å². The summed E-state index contributed by atoms with van der Waals surface area (Å²) in [6.07, 6.45) is 1.32. The average Bonchev–Trinajstić information content (AvgIpc) is 2.92. The SMILES string of the molecule is O=c1c2ccccc2nc(-c2ccccc2)n1N=Cc1cc(Cl)cc([N+](=O)[O-])c1OCc1ccccc1. The van der Waals surface area contributed by atoms with Gasteiger partial charge < -0.3 is 4.74 Å². The van der Waals surface area contributed by atoms with Gasteiger partial charge in [-0.2, -0.15) is 9.78 Å². The first-order valence-corrected chi connectivity index (χ1v) is 11.7. The van der Waals surface area contributed by atoms with Gasteiger partial charge in [0.05, 0.1) is 22.0 Å². The van der Waals surface area contributed by atoms with Crippen LogP contribution in [0.3, 0.4) is 0 Å². The van der Waals surface area contributed by atoms with Crippen LogP contribution in [0.1, 0.15) is 11.1 Å². The molecule has 0 spiro atoms. The van der Waals surface area contributed by atoms with Gasteiger partial charge in [-0.05, 0) is 23.8 Å². The van der Waals surface area contributed by atoms with Crippen LogP contribution in [0.5, 0.6) is 5.75 Å². The third-order valence-electron chi connectivity index (χ3n) is 5.58. The van der Waals surface area contributed by atoms with Crippen molar-refractivity contribution in [1.82, 2.24) is 9.66 Å². The second-order valence-electron chi connectivity index (χ2n) is 8.05. The quantitative estimate of drug-likeness (QED) is 0.150. The van der Waals surface area contributed by atoms with Gasteiger partial charge in [0.1, 0.15) is 6.61 Å². The zero-order valence-electron chi connectivity index (χ0n) is 19.3. The molecule has 0 fully saturated rings. The molecular formula is C28H19ClN4O4. The lowest BCUT2D eigenvalue weighted by Crippen LogP contribution is -2.20. The molecule has 4 aromatic carbocycles. The van der Waals surface area contributed by atoms with E-state index in [-0.39, 0.29) is 34.2 Å². The molecule has 0 aliphatic rings. The predicted octanol–water partition coefficient (Wildman–Crippen LogP) is 6.09. The van der Waals surface area contributed by atoms with Crippen molar-refractivity contribution in [1.29, 1.82) is 0 Å². The Hall–Kier alpha value is -4.82. The number of aromatic nitrogens is 2. The smallest absolute Gasteiger partial charge is 0.313 e. The highest BCUT2D eigenvalue weighted by Gasteiger charge is 2.21. The van der Waals surface area contributed by atoms with Gasteiger partial charge in [-0.3, -0.25) is 14.9 Å². The van der Waals surface area contributed by atoms with Crippen molar-refractivity contribution in [3.63, 3.8) is 0 Å². The number of ether oxygens (including phenoxy) is 1. The van der Waals surface area contributed by atoms with Crippen LogP contribution in [0.4, 0.5) is 5.69 Å². The molecule has 9 heteroatoms. The summed E-state index contributed by atoms with van der Waals surface area (Å²) >= 11 is 6.20. The number of fused-ring (bicyclic) bond motifs is 1. The van der Waals surface area contributed by atoms with E-state index in [1.165, 1.54) is 23.0 Å². The summed E-state index contributed by atoms with van der Waals surface area (Å²) in [7, 11) is 0. The zero-order valence-corrected chi connectivity index (χ0v) is 20.1. The van der Waals surface area contributed by atoms with Crippen LogP contribution in [0.15, 0.2) is 107 Å². The lowest BCUT2D eigenvalue weighted by Gasteiger charge is -2.12. The summed E-state index contributed by atoms with van der Waals surface area (Å²) in [5.74, 6) is 0.314. The molecule has 0 amide bonds. The maximum Gasteiger partial charge on any atom is 0.313 e. The van der Waals surface area contributed by atoms with Gasteiger partial charge in [0.15, 0.2) is 5.82 Å². The summed E-state index contributed by atoms with van der Waals surface area (Å²) in [5, 5.41) is 16.7. The fourth-order valence-corrected chi connectivity index (χ4v) is 4.06. The van der Waals surface area contributed by atoms with E-state index in [0.717, 1.165) is 5.56 Å². The zero-order chi connectivity index (χ0) is 25.8. The molecule has 0 bridgehead atoms. The Labute approximate surface area is 216 Å². The van der Waals surface area contributed by atoms with E-state index in [1.54, 1.807) is 24.3 Å². The van der Waals surface area contributed by atoms with E-state index in [1.807, 2.05) is 60.7 Å². The number of hydrogen-bond donors (Lipinski definition) is 0. The fraction of sp³-hybridized carbons (Fsp3) is 0.0357. The molecule has 0 atom stereocenters. The molecule has 0 saturated carbocycles. The van der Waals surface area contributed by atoms with E-state index < -0.39 is 4.92 Å². The second-order valence-corrected chi connectivity index (χ2v) is 8.49. The minimum atomic E-state index is -0.567. The average molecular weight is 511 g/mol. The Morgan fingerprint density at radius 1 is 0.973 bits per heavy atom. The second kappa shape index (κ2) is 10.4. The Bertz CT molecular complexity index is 1690. The molecule has 0 aliphatic heterocycles. The van der Waals surface area contributed by atoms with E-state index in [0.29, 0.717) is 22.3 Å². The summed E-state index contributed by atoms with van der Waals surface area (Å²) < 4.78 is 7.05. The van der Waals surface area contributed by atoms with E-state index in [2.05, 4.69) is 10.1 Å². The topological polar surface area (TPSA) is 99.6 Å². The summed E-state index contributed by atoms with van der Waals surface area (Å²) in [6.45, 7) is 0.0941. The van der Waals surface area contributed by atoms with E-state index in [4.69, 9.17) is 16.3 Å². The van der Waals surface area contributed by atoms with Crippen molar-refractivity contribution in [3.8, 4) is 17.1 Å². The number of benzene rings is 4. The number of halogens is 1. The molecule has 0 radical (unpaired) electrons. The largest absolute Gasteiger partial charge is 0.481 e. The molecule has 8 nitrogen and oxygen atoms in total. The molecule has 1 heterocycles. The maximum absolute atomic E-state index is 13.4. The summed E-state index contributed by atoms with van der Waals surface area (Å²) in [4.78, 5) is 29.3. The van der Waals surface area contributed by atoms with Crippen molar-refractivity contribution in [3.05, 3.63) is 134 Å². The van der Waals surface area contributed by atoms with Crippen LogP contribution in [0.25, 0.3) is 22.3 Å². The van der Waals surface area contributed by atoms with Crippen LogP contribution in [0, 0.1) is 10.1 Å². The Balaban J connectivity index is 1.65. The fourth-order valence-electron chi connectivity index (χ4n) is 3.84. The first-order valence-electron chi connectivity index (χ1n) is 11.3. The molecule has 182 valence electrons. The van der Waals surface area contributed by atoms with Crippen LogP contribution < -0.4 is 10.3 Å².